The predicted octanol–water partition coefficient (Wildman–Crippen LogP) is 2.14. The minimum Gasteiger partial charge on any atom is -0.328 e. The fraction of sp³-hybridized carbons (Fsp3) is 0.0909. The predicted molar refractivity (Wildman–Crippen MR) is 70.6 cm³/mol. The lowest BCUT2D eigenvalue weighted by Crippen LogP contribution is -2.25. The van der Waals surface area contributed by atoms with Crippen LogP contribution in [0.2, 0.25) is 0 Å². The monoisotopic (exact) mass is 296 g/mol. The van der Waals surface area contributed by atoms with Gasteiger partial charge in [0.2, 0.25) is 0 Å². The number of halogens is 1. The average Bonchev–Trinajstić information content (AvgIpc) is 2.50. The van der Waals surface area contributed by atoms with E-state index in [0.29, 0.717) is 10.8 Å². The van der Waals surface area contributed by atoms with E-state index >= 15 is 0 Å². The number of carbonyl (C=O) groups is 1. The Balaban J connectivity index is 2.37. The summed E-state index contributed by atoms with van der Waals surface area (Å²) in [7, 11) is 1.65. The van der Waals surface area contributed by atoms with Gasteiger partial charge in [0.25, 0.3) is 5.91 Å². The van der Waals surface area contributed by atoms with E-state index in [1.807, 2.05) is 24.3 Å². The molecule has 0 saturated carbocycles. The van der Waals surface area contributed by atoms with E-state index in [9.17, 15) is 4.79 Å². The number of amides is 1. The number of nitrogens with zero attached hydrogens (tertiary/aromatic N) is 1. The van der Waals surface area contributed by atoms with Crippen LogP contribution in [0.15, 0.2) is 34.4 Å². The van der Waals surface area contributed by atoms with Crippen molar-refractivity contribution in [3.8, 4) is 0 Å². The van der Waals surface area contributed by atoms with Gasteiger partial charge in [-0.3, -0.25) is 9.69 Å². The van der Waals surface area contributed by atoms with Crippen molar-refractivity contribution in [2.24, 2.45) is 0 Å². The van der Waals surface area contributed by atoms with Crippen LogP contribution in [0.1, 0.15) is 5.56 Å². The van der Waals surface area contributed by atoms with Gasteiger partial charge in [-0.25, -0.2) is 0 Å². The molecule has 1 aromatic carbocycles. The van der Waals surface area contributed by atoms with Crippen molar-refractivity contribution in [3.05, 3.63) is 40.0 Å². The summed E-state index contributed by atoms with van der Waals surface area (Å²) in [4.78, 5) is 13.1. The van der Waals surface area contributed by atoms with E-state index in [4.69, 9.17) is 12.2 Å². The first kappa shape index (κ1) is 11.3. The topological polar surface area (TPSA) is 32.3 Å². The Morgan fingerprint density at radius 3 is 2.69 bits per heavy atom. The lowest BCUT2D eigenvalue weighted by molar-refractivity contribution is -0.121. The fourth-order valence-electron chi connectivity index (χ4n) is 1.37. The van der Waals surface area contributed by atoms with E-state index in [0.717, 1.165) is 10.0 Å². The largest absolute Gasteiger partial charge is 0.328 e. The van der Waals surface area contributed by atoms with Crippen LogP contribution in [0.5, 0.6) is 0 Å². The van der Waals surface area contributed by atoms with E-state index in [1.165, 1.54) is 4.90 Å². The first-order chi connectivity index (χ1) is 7.59. The number of thiocarbonyl (C=S) groups is 1. The zero-order chi connectivity index (χ0) is 11.7. The second-order valence-corrected chi connectivity index (χ2v) is 4.61. The highest BCUT2D eigenvalue weighted by Gasteiger charge is 2.26. The molecule has 0 spiro atoms. The molecule has 3 nitrogen and oxygen atoms in total. The molecular weight excluding hydrogens is 288 g/mol. The number of hydrogen-bond donors (Lipinski definition) is 1. The van der Waals surface area contributed by atoms with Crippen LogP contribution in [-0.2, 0) is 4.79 Å². The molecule has 1 heterocycles. The van der Waals surface area contributed by atoms with Crippen molar-refractivity contribution in [3.63, 3.8) is 0 Å². The first-order valence-electron chi connectivity index (χ1n) is 4.65. The molecule has 0 bridgehead atoms. The minimum absolute atomic E-state index is 0.110. The highest BCUT2D eigenvalue weighted by molar-refractivity contribution is 9.10. The van der Waals surface area contributed by atoms with Crippen molar-refractivity contribution >= 4 is 45.2 Å². The summed E-state index contributed by atoms with van der Waals surface area (Å²) in [5, 5.41) is 3.31. The van der Waals surface area contributed by atoms with Crippen LogP contribution in [0.25, 0.3) is 6.08 Å². The van der Waals surface area contributed by atoms with Gasteiger partial charge in [0.15, 0.2) is 5.11 Å². The van der Waals surface area contributed by atoms with Crippen LogP contribution in [0.3, 0.4) is 0 Å². The van der Waals surface area contributed by atoms with Gasteiger partial charge >= 0.3 is 0 Å². The average molecular weight is 297 g/mol. The van der Waals surface area contributed by atoms with Crippen molar-refractivity contribution < 1.29 is 4.79 Å². The Kier molecular flexibility index (Phi) is 3.07. The van der Waals surface area contributed by atoms with E-state index in [2.05, 4.69) is 21.2 Å². The summed E-state index contributed by atoms with van der Waals surface area (Å²) in [6.45, 7) is 0. The Bertz CT molecular complexity index is 499. The molecule has 16 heavy (non-hydrogen) atoms. The Hall–Kier alpha value is -1.20. The standard InChI is InChI=1S/C11H9BrN2OS/c1-14-10(15)9(13-11(14)16)6-7-4-2-3-5-8(7)12/h2-6H,1H3,(H,13,16)/b9-6+. The molecule has 2 rings (SSSR count). The molecule has 1 saturated heterocycles. The van der Waals surface area contributed by atoms with E-state index < -0.39 is 0 Å². The quantitative estimate of drug-likeness (QED) is 0.637. The van der Waals surface area contributed by atoms with Crippen LogP contribution in [0, 0.1) is 0 Å². The third-order valence-corrected chi connectivity index (χ3v) is 3.38. The summed E-state index contributed by atoms with van der Waals surface area (Å²) in [6, 6.07) is 7.69. The number of nitrogens with one attached hydrogen (secondary N) is 1. The molecule has 0 atom stereocenters. The van der Waals surface area contributed by atoms with Gasteiger partial charge in [0.05, 0.1) is 0 Å². The number of hydrogen-bond acceptors (Lipinski definition) is 2. The van der Waals surface area contributed by atoms with Crippen LogP contribution >= 0.6 is 28.1 Å². The maximum absolute atomic E-state index is 11.7. The highest BCUT2D eigenvalue weighted by Crippen LogP contribution is 2.20. The van der Waals surface area contributed by atoms with Gasteiger partial charge in [-0.15, -0.1) is 0 Å². The molecule has 1 aliphatic heterocycles. The maximum Gasteiger partial charge on any atom is 0.276 e. The van der Waals surface area contributed by atoms with Gasteiger partial charge in [-0.1, -0.05) is 34.1 Å². The van der Waals surface area contributed by atoms with Crippen molar-refractivity contribution in [2.75, 3.05) is 7.05 Å². The molecule has 0 radical (unpaired) electrons. The number of benzene rings is 1. The summed E-state index contributed by atoms with van der Waals surface area (Å²) in [5.74, 6) is -0.110. The molecule has 1 aromatic rings. The zero-order valence-electron chi connectivity index (χ0n) is 8.53. The van der Waals surface area contributed by atoms with Gasteiger partial charge in [-0.05, 0) is 29.9 Å². The third-order valence-electron chi connectivity index (χ3n) is 2.29. The summed E-state index contributed by atoms with van der Waals surface area (Å²) in [6.07, 6.45) is 1.78. The van der Waals surface area contributed by atoms with Gasteiger partial charge in [0.1, 0.15) is 5.70 Å². The number of rotatable bonds is 1. The van der Waals surface area contributed by atoms with E-state index in [-0.39, 0.29) is 5.91 Å². The van der Waals surface area contributed by atoms with Crippen LogP contribution in [-0.4, -0.2) is 23.0 Å². The fourth-order valence-corrected chi connectivity index (χ4v) is 1.96. The van der Waals surface area contributed by atoms with Gasteiger partial charge < -0.3 is 5.32 Å². The van der Waals surface area contributed by atoms with Crippen LogP contribution in [0.4, 0.5) is 0 Å². The van der Waals surface area contributed by atoms with Crippen LogP contribution < -0.4 is 5.32 Å². The molecular formula is C11H9BrN2OS. The van der Waals surface area contributed by atoms with Crippen molar-refractivity contribution in [1.82, 2.24) is 10.2 Å². The smallest absolute Gasteiger partial charge is 0.276 e. The number of carbonyl (C=O) groups excluding carboxylic acids is 1. The molecule has 5 heteroatoms. The summed E-state index contributed by atoms with van der Waals surface area (Å²) >= 11 is 8.41. The van der Waals surface area contributed by atoms with E-state index in [1.54, 1.807) is 13.1 Å². The SMILES string of the molecule is CN1C(=O)/C(=C\c2ccccc2Br)NC1=S. The Morgan fingerprint density at radius 1 is 1.44 bits per heavy atom. The van der Waals surface area contributed by atoms with Crippen molar-refractivity contribution in [2.45, 2.75) is 0 Å². The lowest BCUT2D eigenvalue weighted by Gasteiger charge is -2.02. The zero-order valence-corrected chi connectivity index (χ0v) is 10.9. The molecule has 1 aliphatic rings. The molecule has 1 fully saturated rings. The number of likely N-dealkylation sites (N-methyl/N-ethyl adjacent to an activating group) is 1. The highest BCUT2D eigenvalue weighted by atomic mass is 79.9. The normalized spacial score (nSPS) is 18.1. The molecule has 1 N–H and O–H groups in total. The lowest BCUT2D eigenvalue weighted by atomic mass is 10.2. The van der Waals surface area contributed by atoms with Gasteiger partial charge in [-0.2, -0.15) is 0 Å². The first-order valence-corrected chi connectivity index (χ1v) is 5.85. The third kappa shape index (κ3) is 2.01. The molecule has 0 aliphatic carbocycles. The molecule has 0 aromatic heterocycles. The van der Waals surface area contributed by atoms with Crippen molar-refractivity contribution in [1.29, 1.82) is 0 Å². The Morgan fingerprint density at radius 2 is 2.12 bits per heavy atom. The maximum atomic E-state index is 11.7. The second kappa shape index (κ2) is 4.35. The second-order valence-electron chi connectivity index (χ2n) is 3.37. The summed E-state index contributed by atoms with van der Waals surface area (Å²) in [5.41, 5.74) is 1.44. The van der Waals surface area contributed by atoms with Gasteiger partial charge in [0, 0.05) is 11.5 Å². The summed E-state index contributed by atoms with van der Waals surface area (Å²) < 4.78 is 0.942. The Labute approximate surface area is 107 Å². The minimum atomic E-state index is -0.110. The molecule has 1 amide bonds. The molecule has 82 valence electrons. The molecule has 0 unspecified atom stereocenters.